The highest BCUT2D eigenvalue weighted by Crippen LogP contribution is 2.22. The number of rotatable bonds is 4. The van der Waals surface area contributed by atoms with Crippen LogP contribution in [0.3, 0.4) is 0 Å². The molecule has 1 heterocycles. The summed E-state index contributed by atoms with van der Waals surface area (Å²) in [5.41, 5.74) is 4.09. The SMILES string of the molecule is COC(=O)c1ccc2c(=O)[nH]c(CN(C)c3cccc(C)c3C)nc2c1. The van der Waals surface area contributed by atoms with Gasteiger partial charge in [-0.3, -0.25) is 4.79 Å². The lowest BCUT2D eigenvalue weighted by Gasteiger charge is -2.22. The number of nitrogens with one attached hydrogen (secondary N) is 1. The minimum Gasteiger partial charge on any atom is -0.465 e. The Labute approximate surface area is 151 Å². The third-order valence-electron chi connectivity index (χ3n) is 4.55. The molecule has 26 heavy (non-hydrogen) atoms. The summed E-state index contributed by atoms with van der Waals surface area (Å²) < 4.78 is 4.73. The maximum Gasteiger partial charge on any atom is 0.337 e. The Bertz CT molecular complexity index is 1040. The number of aromatic amines is 1. The molecule has 0 aliphatic heterocycles. The third kappa shape index (κ3) is 3.31. The molecule has 134 valence electrons. The summed E-state index contributed by atoms with van der Waals surface area (Å²) in [7, 11) is 3.28. The first-order chi connectivity index (χ1) is 12.4. The smallest absolute Gasteiger partial charge is 0.337 e. The van der Waals surface area contributed by atoms with Gasteiger partial charge < -0.3 is 14.6 Å². The summed E-state index contributed by atoms with van der Waals surface area (Å²) in [5.74, 6) is 0.0796. The first-order valence-corrected chi connectivity index (χ1v) is 8.29. The van der Waals surface area contributed by atoms with Gasteiger partial charge in [-0.15, -0.1) is 0 Å². The molecular weight excluding hydrogens is 330 g/mol. The summed E-state index contributed by atoms with van der Waals surface area (Å²) in [6.45, 7) is 4.58. The zero-order valence-electron chi connectivity index (χ0n) is 15.3. The molecule has 3 aromatic rings. The fourth-order valence-electron chi connectivity index (χ4n) is 2.97. The number of carbonyl (C=O) groups is 1. The van der Waals surface area contributed by atoms with Crippen molar-refractivity contribution in [3.63, 3.8) is 0 Å². The van der Waals surface area contributed by atoms with Gasteiger partial charge in [-0.2, -0.15) is 0 Å². The quantitative estimate of drug-likeness (QED) is 0.732. The Hall–Kier alpha value is -3.15. The number of fused-ring (bicyclic) bond motifs is 1. The summed E-state index contributed by atoms with van der Waals surface area (Å²) in [6.07, 6.45) is 0. The number of nitrogens with zero attached hydrogens (tertiary/aromatic N) is 2. The van der Waals surface area contributed by atoms with Crippen molar-refractivity contribution >= 4 is 22.6 Å². The number of H-pyrrole nitrogens is 1. The normalized spacial score (nSPS) is 10.8. The molecular formula is C20H21N3O3. The molecule has 0 atom stereocenters. The Morgan fingerprint density at radius 1 is 1.23 bits per heavy atom. The zero-order chi connectivity index (χ0) is 18.8. The molecule has 0 fully saturated rings. The van der Waals surface area contributed by atoms with E-state index in [4.69, 9.17) is 4.74 Å². The molecule has 0 aliphatic carbocycles. The molecule has 0 aliphatic rings. The highest BCUT2D eigenvalue weighted by atomic mass is 16.5. The number of carbonyl (C=O) groups excluding carboxylic acids is 1. The van der Waals surface area contributed by atoms with E-state index in [0.29, 0.717) is 28.8 Å². The van der Waals surface area contributed by atoms with Gasteiger partial charge in [0.25, 0.3) is 5.56 Å². The van der Waals surface area contributed by atoms with Crippen LogP contribution in [0.5, 0.6) is 0 Å². The lowest BCUT2D eigenvalue weighted by molar-refractivity contribution is 0.0601. The van der Waals surface area contributed by atoms with Crippen LogP contribution in [0.15, 0.2) is 41.2 Å². The minimum atomic E-state index is -0.456. The molecule has 0 bridgehead atoms. The average Bonchev–Trinajstić information content (AvgIpc) is 2.62. The van der Waals surface area contributed by atoms with Gasteiger partial charge in [0.15, 0.2) is 0 Å². The highest BCUT2D eigenvalue weighted by molar-refractivity contribution is 5.93. The van der Waals surface area contributed by atoms with Crippen LogP contribution >= 0.6 is 0 Å². The van der Waals surface area contributed by atoms with Crippen molar-refractivity contribution < 1.29 is 9.53 Å². The van der Waals surface area contributed by atoms with Crippen LogP contribution in [0, 0.1) is 13.8 Å². The van der Waals surface area contributed by atoms with Gasteiger partial charge in [0.05, 0.1) is 30.1 Å². The maximum atomic E-state index is 12.4. The summed E-state index contributed by atoms with van der Waals surface area (Å²) in [5, 5.41) is 0.441. The van der Waals surface area contributed by atoms with Crippen LogP contribution in [0.25, 0.3) is 10.9 Å². The van der Waals surface area contributed by atoms with E-state index in [-0.39, 0.29) is 5.56 Å². The first-order valence-electron chi connectivity index (χ1n) is 8.29. The van der Waals surface area contributed by atoms with E-state index in [0.717, 1.165) is 5.69 Å². The van der Waals surface area contributed by atoms with E-state index in [1.54, 1.807) is 18.2 Å². The largest absolute Gasteiger partial charge is 0.465 e. The number of ether oxygens (including phenoxy) is 1. The van der Waals surface area contributed by atoms with Crippen LogP contribution in [-0.2, 0) is 11.3 Å². The fraction of sp³-hybridized carbons (Fsp3) is 0.250. The van der Waals surface area contributed by atoms with Gasteiger partial charge in [0.1, 0.15) is 5.82 Å². The standard InChI is InChI=1S/C20H21N3O3/c1-12-6-5-7-17(13(12)2)23(3)11-18-21-16-10-14(20(25)26-4)8-9-15(16)19(24)22-18/h5-10H,11H2,1-4H3,(H,21,22,24). The van der Waals surface area contributed by atoms with E-state index in [1.165, 1.54) is 18.2 Å². The van der Waals surface area contributed by atoms with E-state index in [9.17, 15) is 9.59 Å². The Morgan fingerprint density at radius 2 is 2.00 bits per heavy atom. The van der Waals surface area contributed by atoms with Crippen LogP contribution in [0.1, 0.15) is 27.3 Å². The van der Waals surface area contributed by atoms with Gasteiger partial charge in [-0.05, 0) is 49.2 Å². The van der Waals surface area contributed by atoms with E-state index in [2.05, 4.69) is 29.9 Å². The van der Waals surface area contributed by atoms with Crippen LogP contribution in [0.4, 0.5) is 5.69 Å². The van der Waals surface area contributed by atoms with Crippen molar-refractivity contribution in [2.45, 2.75) is 20.4 Å². The summed E-state index contributed by atoms with van der Waals surface area (Å²) in [6, 6.07) is 10.8. The van der Waals surface area contributed by atoms with Crippen molar-refractivity contribution in [1.82, 2.24) is 9.97 Å². The number of aryl methyl sites for hydroxylation is 1. The molecule has 3 rings (SSSR count). The van der Waals surface area contributed by atoms with Gasteiger partial charge in [-0.25, -0.2) is 9.78 Å². The van der Waals surface area contributed by atoms with Crippen molar-refractivity contribution in [3.05, 3.63) is 69.3 Å². The molecule has 0 spiro atoms. The van der Waals surface area contributed by atoms with E-state index in [1.807, 2.05) is 24.1 Å². The molecule has 6 nitrogen and oxygen atoms in total. The lowest BCUT2D eigenvalue weighted by Crippen LogP contribution is -2.22. The molecule has 0 unspecified atom stereocenters. The van der Waals surface area contributed by atoms with Crippen molar-refractivity contribution in [2.75, 3.05) is 19.1 Å². The molecule has 6 heteroatoms. The van der Waals surface area contributed by atoms with E-state index < -0.39 is 5.97 Å². The molecule has 2 aromatic carbocycles. The lowest BCUT2D eigenvalue weighted by atomic mass is 10.1. The van der Waals surface area contributed by atoms with Crippen LogP contribution in [-0.4, -0.2) is 30.1 Å². The predicted octanol–water partition coefficient (Wildman–Crippen LogP) is 2.96. The Kier molecular flexibility index (Phi) is 4.75. The van der Waals surface area contributed by atoms with E-state index >= 15 is 0 Å². The minimum absolute atomic E-state index is 0.226. The second kappa shape index (κ2) is 7.00. The molecule has 1 N–H and O–H groups in total. The number of esters is 1. The second-order valence-corrected chi connectivity index (χ2v) is 6.31. The Balaban J connectivity index is 1.98. The monoisotopic (exact) mass is 351 g/mol. The molecule has 0 saturated heterocycles. The van der Waals surface area contributed by atoms with Gasteiger partial charge in [0.2, 0.25) is 0 Å². The highest BCUT2D eigenvalue weighted by Gasteiger charge is 2.12. The number of hydrogen-bond acceptors (Lipinski definition) is 5. The van der Waals surface area contributed by atoms with Crippen molar-refractivity contribution in [1.29, 1.82) is 0 Å². The fourth-order valence-corrected chi connectivity index (χ4v) is 2.97. The molecule has 0 saturated carbocycles. The molecule has 0 amide bonds. The summed E-state index contributed by atoms with van der Waals surface area (Å²) >= 11 is 0. The van der Waals surface area contributed by atoms with Gasteiger partial charge in [0, 0.05) is 12.7 Å². The Morgan fingerprint density at radius 3 is 2.73 bits per heavy atom. The number of methoxy groups -OCH3 is 1. The van der Waals surface area contributed by atoms with Crippen LogP contribution in [0.2, 0.25) is 0 Å². The number of hydrogen-bond donors (Lipinski definition) is 1. The van der Waals surface area contributed by atoms with Crippen molar-refractivity contribution in [2.24, 2.45) is 0 Å². The zero-order valence-corrected chi connectivity index (χ0v) is 15.3. The van der Waals surface area contributed by atoms with Crippen LogP contribution < -0.4 is 10.5 Å². The molecule has 0 radical (unpaired) electrons. The number of benzene rings is 2. The van der Waals surface area contributed by atoms with Gasteiger partial charge >= 0.3 is 5.97 Å². The number of aromatic nitrogens is 2. The third-order valence-corrected chi connectivity index (χ3v) is 4.55. The van der Waals surface area contributed by atoms with Gasteiger partial charge in [-0.1, -0.05) is 12.1 Å². The first kappa shape index (κ1) is 17.7. The number of anilines is 1. The predicted molar refractivity (Wildman–Crippen MR) is 102 cm³/mol. The maximum absolute atomic E-state index is 12.4. The second-order valence-electron chi connectivity index (χ2n) is 6.31. The summed E-state index contributed by atoms with van der Waals surface area (Å²) in [4.78, 5) is 33.5. The van der Waals surface area contributed by atoms with Crippen molar-refractivity contribution in [3.8, 4) is 0 Å². The average molecular weight is 351 g/mol. The topological polar surface area (TPSA) is 75.3 Å². The molecule has 1 aromatic heterocycles.